The molecule has 0 fully saturated rings. The SMILES string of the molecule is CC(CCN)C(C)(C)F. The van der Waals surface area contributed by atoms with Crippen LogP contribution in [0.4, 0.5) is 4.39 Å². The summed E-state index contributed by atoms with van der Waals surface area (Å²) in [6.45, 7) is 5.64. The number of rotatable bonds is 3. The summed E-state index contributed by atoms with van der Waals surface area (Å²) in [4.78, 5) is 0. The molecule has 1 unspecified atom stereocenters. The summed E-state index contributed by atoms with van der Waals surface area (Å²) in [6, 6.07) is 0. The van der Waals surface area contributed by atoms with Crippen LogP contribution in [0.5, 0.6) is 0 Å². The minimum absolute atomic E-state index is 0.0718. The van der Waals surface area contributed by atoms with E-state index >= 15 is 0 Å². The van der Waals surface area contributed by atoms with E-state index in [1.54, 1.807) is 13.8 Å². The molecule has 0 saturated heterocycles. The lowest BCUT2D eigenvalue weighted by Crippen LogP contribution is -2.25. The molecule has 1 nitrogen and oxygen atoms in total. The van der Waals surface area contributed by atoms with E-state index < -0.39 is 5.67 Å². The van der Waals surface area contributed by atoms with E-state index in [1.165, 1.54) is 0 Å². The molecule has 0 aliphatic rings. The second-order valence-corrected chi connectivity index (χ2v) is 3.04. The summed E-state index contributed by atoms with van der Waals surface area (Å²) < 4.78 is 12.9. The van der Waals surface area contributed by atoms with E-state index in [-0.39, 0.29) is 5.92 Å². The molecule has 0 saturated carbocycles. The minimum Gasteiger partial charge on any atom is -0.330 e. The Morgan fingerprint density at radius 3 is 2.11 bits per heavy atom. The van der Waals surface area contributed by atoms with Crippen molar-refractivity contribution in [3.8, 4) is 0 Å². The van der Waals surface area contributed by atoms with Gasteiger partial charge in [0.05, 0.1) is 0 Å². The van der Waals surface area contributed by atoms with Crippen LogP contribution in [-0.2, 0) is 0 Å². The van der Waals surface area contributed by atoms with Gasteiger partial charge < -0.3 is 5.73 Å². The molecule has 2 heteroatoms. The molecule has 9 heavy (non-hydrogen) atoms. The fourth-order valence-electron chi connectivity index (χ4n) is 0.593. The Balaban J connectivity index is 3.59. The summed E-state index contributed by atoms with van der Waals surface area (Å²) in [7, 11) is 0. The predicted molar refractivity (Wildman–Crippen MR) is 38.0 cm³/mol. The molecule has 56 valence electrons. The van der Waals surface area contributed by atoms with Crippen molar-refractivity contribution in [2.45, 2.75) is 32.9 Å². The first-order chi connectivity index (χ1) is 3.98. The van der Waals surface area contributed by atoms with Gasteiger partial charge >= 0.3 is 0 Å². The van der Waals surface area contributed by atoms with Crippen LogP contribution in [0.25, 0.3) is 0 Å². The van der Waals surface area contributed by atoms with Crippen molar-refractivity contribution >= 4 is 0 Å². The number of hydrogen-bond acceptors (Lipinski definition) is 1. The first kappa shape index (κ1) is 8.89. The van der Waals surface area contributed by atoms with Crippen molar-refractivity contribution in [3.05, 3.63) is 0 Å². The van der Waals surface area contributed by atoms with Gasteiger partial charge in [0.2, 0.25) is 0 Å². The van der Waals surface area contributed by atoms with Crippen LogP contribution in [-0.4, -0.2) is 12.2 Å². The van der Waals surface area contributed by atoms with Crippen LogP contribution in [0, 0.1) is 5.92 Å². The quantitative estimate of drug-likeness (QED) is 0.623. The molecule has 0 aliphatic heterocycles. The third-order valence-corrected chi connectivity index (χ3v) is 1.77. The molecular weight excluding hydrogens is 117 g/mol. The summed E-state index contributed by atoms with van der Waals surface area (Å²) in [5, 5.41) is 0. The lowest BCUT2D eigenvalue weighted by molar-refractivity contribution is 0.131. The molecule has 0 rings (SSSR count). The van der Waals surface area contributed by atoms with Gasteiger partial charge in [0.15, 0.2) is 0 Å². The Morgan fingerprint density at radius 1 is 1.56 bits per heavy atom. The van der Waals surface area contributed by atoms with E-state index in [9.17, 15) is 4.39 Å². The van der Waals surface area contributed by atoms with E-state index in [1.807, 2.05) is 6.92 Å². The first-order valence-corrected chi connectivity index (χ1v) is 3.37. The van der Waals surface area contributed by atoms with Gasteiger partial charge in [-0.05, 0) is 32.7 Å². The highest BCUT2D eigenvalue weighted by atomic mass is 19.1. The summed E-state index contributed by atoms with van der Waals surface area (Å²) >= 11 is 0. The first-order valence-electron chi connectivity index (χ1n) is 3.37. The fourth-order valence-corrected chi connectivity index (χ4v) is 0.593. The Kier molecular flexibility index (Phi) is 3.12. The maximum absolute atomic E-state index is 12.9. The Labute approximate surface area is 56.4 Å². The van der Waals surface area contributed by atoms with Crippen LogP contribution < -0.4 is 5.73 Å². The normalized spacial score (nSPS) is 15.7. The fraction of sp³-hybridized carbons (Fsp3) is 1.00. The molecule has 0 bridgehead atoms. The van der Waals surface area contributed by atoms with Crippen LogP contribution in [0.1, 0.15) is 27.2 Å². The summed E-state index contributed by atoms with van der Waals surface area (Å²) in [5.41, 5.74) is 4.19. The standard InChI is InChI=1S/C7H16FN/c1-6(4-5-9)7(2,3)8/h6H,4-5,9H2,1-3H3. The number of nitrogens with two attached hydrogens (primary N) is 1. The van der Waals surface area contributed by atoms with Gasteiger partial charge in [-0.1, -0.05) is 6.92 Å². The molecule has 0 heterocycles. The molecule has 2 N–H and O–H groups in total. The Morgan fingerprint density at radius 2 is 2.00 bits per heavy atom. The highest BCUT2D eigenvalue weighted by molar-refractivity contribution is 4.73. The zero-order valence-electron chi connectivity index (χ0n) is 6.45. The smallest absolute Gasteiger partial charge is 0.108 e. The molecule has 0 spiro atoms. The molecule has 1 atom stereocenters. The second-order valence-electron chi connectivity index (χ2n) is 3.04. The monoisotopic (exact) mass is 133 g/mol. The number of hydrogen-bond donors (Lipinski definition) is 1. The predicted octanol–water partition coefficient (Wildman–Crippen LogP) is 1.72. The van der Waals surface area contributed by atoms with E-state index in [4.69, 9.17) is 5.73 Å². The van der Waals surface area contributed by atoms with Gasteiger partial charge in [0, 0.05) is 0 Å². The van der Waals surface area contributed by atoms with Crippen molar-refractivity contribution in [3.63, 3.8) is 0 Å². The van der Waals surface area contributed by atoms with Crippen molar-refractivity contribution in [1.82, 2.24) is 0 Å². The molecule has 0 aromatic rings. The van der Waals surface area contributed by atoms with Gasteiger partial charge in [0.1, 0.15) is 5.67 Å². The average molecular weight is 133 g/mol. The average Bonchev–Trinajstić information content (AvgIpc) is 1.64. The largest absolute Gasteiger partial charge is 0.330 e. The second kappa shape index (κ2) is 3.16. The Bertz CT molecular complexity index is 75.5. The molecule has 0 aromatic carbocycles. The number of alkyl halides is 1. The van der Waals surface area contributed by atoms with Crippen LogP contribution in [0.3, 0.4) is 0 Å². The van der Waals surface area contributed by atoms with Gasteiger partial charge in [-0.15, -0.1) is 0 Å². The lowest BCUT2D eigenvalue weighted by Gasteiger charge is -2.21. The molecular formula is C7H16FN. The third kappa shape index (κ3) is 3.46. The maximum atomic E-state index is 12.9. The minimum atomic E-state index is -1.07. The highest BCUT2D eigenvalue weighted by Crippen LogP contribution is 2.22. The van der Waals surface area contributed by atoms with Crippen molar-refractivity contribution in [2.75, 3.05) is 6.54 Å². The highest BCUT2D eigenvalue weighted by Gasteiger charge is 2.23. The summed E-state index contributed by atoms with van der Waals surface area (Å²) in [5.74, 6) is 0.0718. The van der Waals surface area contributed by atoms with Crippen LogP contribution >= 0.6 is 0 Å². The van der Waals surface area contributed by atoms with Crippen molar-refractivity contribution in [1.29, 1.82) is 0 Å². The van der Waals surface area contributed by atoms with Gasteiger partial charge in [0.25, 0.3) is 0 Å². The zero-order valence-corrected chi connectivity index (χ0v) is 6.45. The molecule has 0 amide bonds. The summed E-state index contributed by atoms with van der Waals surface area (Å²) in [6.07, 6.45) is 0.767. The number of halogens is 1. The van der Waals surface area contributed by atoms with Gasteiger partial charge in [-0.3, -0.25) is 0 Å². The zero-order chi connectivity index (χ0) is 7.49. The molecule has 0 aromatic heterocycles. The van der Waals surface area contributed by atoms with Crippen LogP contribution in [0.15, 0.2) is 0 Å². The maximum Gasteiger partial charge on any atom is 0.108 e. The van der Waals surface area contributed by atoms with Crippen molar-refractivity contribution in [2.24, 2.45) is 11.7 Å². The van der Waals surface area contributed by atoms with E-state index in [0.717, 1.165) is 6.42 Å². The third-order valence-electron chi connectivity index (χ3n) is 1.77. The van der Waals surface area contributed by atoms with Gasteiger partial charge in [-0.2, -0.15) is 0 Å². The molecule has 0 aliphatic carbocycles. The Hall–Kier alpha value is -0.110. The molecule has 0 radical (unpaired) electrons. The van der Waals surface area contributed by atoms with Gasteiger partial charge in [-0.25, -0.2) is 4.39 Å². The topological polar surface area (TPSA) is 26.0 Å². The lowest BCUT2D eigenvalue weighted by atomic mass is 9.92. The van der Waals surface area contributed by atoms with E-state index in [2.05, 4.69) is 0 Å². The van der Waals surface area contributed by atoms with Crippen molar-refractivity contribution < 1.29 is 4.39 Å². The van der Waals surface area contributed by atoms with Crippen LogP contribution in [0.2, 0.25) is 0 Å². The van der Waals surface area contributed by atoms with E-state index in [0.29, 0.717) is 6.54 Å².